The Morgan fingerprint density at radius 1 is 1.28 bits per heavy atom. The van der Waals surface area contributed by atoms with Crippen LogP contribution in [0.4, 0.5) is 0 Å². The number of piperidine rings is 1. The molecule has 3 aromatic rings. The number of benzene rings is 1. The van der Waals surface area contributed by atoms with Gasteiger partial charge in [0, 0.05) is 36.6 Å². The lowest BCUT2D eigenvalue weighted by Gasteiger charge is -2.42. The maximum absolute atomic E-state index is 11.8. The quantitative estimate of drug-likeness (QED) is 0.668. The van der Waals surface area contributed by atoms with Crippen molar-refractivity contribution in [1.82, 2.24) is 19.5 Å². The van der Waals surface area contributed by atoms with E-state index in [1.54, 1.807) is 4.52 Å². The van der Waals surface area contributed by atoms with E-state index >= 15 is 0 Å². The van der Waals surface area contributed by atoms with E-state index in [1.807, 2.05) is 55.8 Å². The van der Waals surface area contributed by atoms with Gasteiger partial charge in [0.1, 0.15) is 0 Å². The molecular weight excluding hydrogens is 368 g/mol. The maximum atomic E-state index is 11.8. The fourth-order valence-corrected chi connectivity index (χ4v) is 4.35. The van der Waals surface area contributed by atoms with Crippen LogP contribution in [0.1, 0.15) is 31.7 Å². The number of aliphatic hydroxyl groups is 1. The van der Waals surface area contributed by atoms with Gasteiger partial charge in [0.05, 0.1) is 17.7 Å². The van der Waals surface area contributed by atoms with Crippen molar-refractivity contribution in [2.45, 2.75) is 38.8 Å². The Balaban J connectivity index is 1.50. The molecule has 2 aromatic heterocycles. The summed E-state index contributed by atoms with van der Waals surface area (Å²) >= 11 is 0. The fraction of sp³-hybridized carbons (Fsp3) is 0.409. The van der Waals surface area contributed by atoms with Crippen molar-refractivity contribution in [2.75, 3.05) is 13.1 Å². The highest BCUT2D eigenvalue weighted by Crippen LogP contribution is 2.37. The highest BCUT2D eigenvalue weighted by molar-refractivity contribution is 5.77. The standard InChI is InChI=1S/C22H26N4O3/c1-2-8-22(21(28)29)9-10-25(15-19(22)27)13-16-11-23-20-18(12-24-26(20)14-16)17-6-4-3-5-7-17/h3-7,11-12,14,19,27H,2,8-10,13,15H2,1H3,(H,28,29)/t19-,22+/m1/s1. The number of rotatable bonds is 6. The minimum atomic E-state index is -1.03. The summed E-state index contributed by atoms with van der Waals surface area (Å²) in [6, 6.07) is 10.0. The minimum absolute atomic E-state index is 0.346. The van der Waals surface area contributed by atoms with Crippen LogP contribution in [0.3, 0.4) is 0 Å². The first-order valence-corrected chi connectivity index (χ1v) is 10.0. The molecule has 152 valence electrons. The number of fused-ring (bicyclic) bond motifs is 1. The molecule has 0 amide bonds. The van der Waals surface area contributed by atoms with Crippen LogP contribution in [0.25, 0.3) is 16.8 Å². The lowest BCUT2D eigenvalue weighted by Crippen LogP contribution is -2.54. The van der Waals surface area contributed by atoms with Gasteiger partial charge in [-0.1, -0.05) is 43.7 Å². The zero-order chi connectivity index (χ0) is 20.4. The van der Waals surface area contributed by atoms with Crippen molar-refractivity contribution in [2.24, 2.45) is 5.41 Å². The first kappa shape index (κ1) is 19.5. The summed E-state index contributed by atoms with van der Waals surface area (Å²) in [5, 5.41) is 24.7. The predicted octanol–water partition coefficient (Wildman–Crippen LogP) is 2.83. The zero-order valence-electron chi connectivity index (χ0n) is 16.5. The van der Waals surface area contributed by atoms with Crippen LogP contribution in [0.15, 0.2) is 48.9 Å². The summed E-state index contributed by atoms with van der Waals surface area (Å²) in [5.74, 6) is -0.889. The van der Waals surface area contributed by atoms with E-state index in [4.69, 9.17) is 0 Å². The number of nitrogens with zero attached hydrogens (tertiary/aromatic N) is 4. The molecule has 0 saturated carbocycles. The van der Waals surface area contributed by atoms with Crippen LogP contribution < -0.4 is 0 Å². The first-order valence-electron chi connectivity index (χ1n) is 10.0. The summed E-state index contributed by atoms with van der Waals surface area (Å²) in [6.45, 7) is 3.54. The number of likely N-dealkylation sites (tertiary alicyclic amines) is 1. The van der Waals surface area contributed by atoms with Crippen LogP contribution in [0.2, 0.25) is 0 Å². The molecule has 0 spiro atoms. The Morgan fingerprint density at radius 3 is 2.76 bits per heavy atom. The molecule has 1 aliphatic rings. The maximum Gasteiger partial charge on any atom is 0.312 e. The number of carbonyl (C=O) groups is 1. The molecule has 2 atom stereocenters. The number of aromatic nitrogens is 3. The third kappa shape index (κ3) is 3.63. The van der Waals surface area contributed by atoms with Gasteiger partial charge in [0.25, 0.3) is 0 Å². The van der Waals surface area contributed by atoms with Gasteiger partial charge in [-0.15, -0.1) is 0 Å². The molecule has 2 N–H and O–H groups in total. The molecule has 1 aromatic carbocycles. The van der Waals surface area contributed by atoms with Gasteiger partial charge in [0.2, 0.25) is 0 Å². The highest BCUT2D eigenvalue weighted by Gasteiger charge is 2.47. The van der Waals surface area contributed by atoms with E-state index in [-0.39, 0.29) is 0 Å². The van der Waals surface area contributed by atoms with Gasteiger partial charge in [-0.05, 0) is 24.9 Å². The number of carboxylic acids is 1. The zero-order valence-corrected chi connectivity index (χ0v) is 16.5. The Morgan fingerprint density at radius 2 is 2.07 bits per heavy atom. The van der Waals surface area contributed by atoms with Gasteiger partial charge < -0.3 is 10.2 Å². The van der Waals surface area contributed by atoms with Crippen molar-refractivity contribution in [3.05, 3.63) is 54.5 Å². The van der Waals surface area contributed by atoms with Crippen LogP contribution in [-0.2, 0) is 11.3 Å². The smallest absolute Gasteiger partial charge is 0.312 e. The Kier molecular flexibility index (Phi) is 5.34. The highest BCUT2D eigenvalue weighted by atomic mass is 16.4. The Bertz CT molecular complexity index is 1000. The number of β-amino-alcohol motifs (C(OH)–C–C–N with tert-alkyl or cyclic N) is 1. The lowest BCUT2D eigenvalue weighted by molar-refractivity contribution is -0.164. The molecule has 29 heavy (non-hydrogen) atoms. The second-order valence-corrected chi connectivity index (χ2v) is 7.87. The second kappa shape index (κ2) is 7.93. The molecule has 1 aliphatic heterocycles. The first-order chi connectivity index (χ1) is 14.0. The monoisotopic (exact) mass is 394 g/mol. The Hall–Kier alpha value is -2.77. The third-order valence-corrected chi connectivity index (χ3v) is 5.97. The van der Waals surface area contributed by atoms with E-state index in [2.05, 4.69) is 15.0 Å². The van der Waals surface area contributed by atoms with E-state index in [9.17, 15) is 15.0 Å². The number of hydrogen-bond acceptors (Lipinski definition) is 5. The van der Waals surface area contributed by atoms with Crippen molar-refractivity contribution in [1.29, 1.82) is 0 Å². The molecule has 0 radical (unpaired) electrons. The minimum Gasteiger partial charge on any atom is -0.481 e. The van der Waals surface area contributed by atoms with Crippen molar-refractivity contribution in [3.8, 4) is 11.1 Å². The van der Waals surface area contributed by atoms with E-state index in [1.165, 1.54) is 0 Å². The van der Waals surface area contributed by atoms with Crippen LogP contribution in [0, 0.1) is 5.41 Å². The molecule has 1 saturated heterocycles. The molecule has 0 aliphatic carbocycles. The normalized spacial score (nSPS) is 22.8. The molecular formula is C22H26N4O3. The van der Waals surface area contributed by atoms with Crippen molar-refractivity contribution >= 4 is 11.6 Å². The lowest BCUT2D eigenvalue weighted by atomic mass is 9.73. The van der Waals surface area contributed by atoms with Crippen LogP contribution >= 0.6 is 0 Å². The van der Waals surface area contributed by atoms with Gasteiger partial charge in [0.15, 0.2) is 5.65 Å². The second-order valence-electron chi connectivity index (χ2n) is 7.87. The van der Waals surface area contributed by atoms with Crippen LogP contribution in [0.5, 0.6) is 0 Å². The van der Waals surface area contributed by atoms with Gasteiger partial charge in [-0.3, -0.25) is 9.69 Å². The SMILES string of the molecule is CCC[C@]1(C(=O)O)CCN(Cc2cnc3c(-c4ccccc4)cnn3c2)C[C@H]1O. The topological polar surface area (TPSA) is 91.0 Å². The van der Waals surface area contributed by atoms with Crippen molar-refractivity contribution < 1.29 is 15.0 Å². The summed E-state index contributed by atoms with van der Waals surface area (Å²) in [5.41, 5.74) is 2.80. The number of aliphatic carboxylic acids is 1. The largest absolute Gasteiger partial charge is 0.481 e. The number of aliphatic hydroxyl groups excluding tert-OH is 1. The van der Waals surface area contributed by atoms with E-state index in [0.717, 1.165) is 28.8 Å². The van der Waals surface area contributed by atoms with E-state index < -0.39 is 17.5 Å². The average molecular weight is 394 g/mol. The number of hydrogen-bond donors (Lipinski definition) is 2. The summed E-state index contributed by atoms with van der Waals surface area (Å²) in [6.07, 6.45) is 6.42. The predicted molar refractivity (Wildman–Crippen MR) is 109 cm³/mol. The van der Waals surface area contributed by atoms with Gasteiger partial charge in [-0.2, -0.15) is 5.10 Å². The molecule has 0 bridgehead atoms. The molecule has 1 fully saturated rings. The fourth-order valence-electron chi connectivity index (χ4n) is 4.35. The summed E-state index contributed by atoms with van der Waals surface area (Å²) in [7, 11) is 0. The summed E-state index contributed by atoms with van der Waals surface area (Å²) in [4.78, 5) is 18.5. The molecule has 4 rings (SSSR count). The summed E-state index contributed by atoms with van der Waals surface area (Å²) < 4.78 is 1.77. The molecule has 7 heteroatoms. The third-order valence-electron chi connectivity index (χ3n) is 5.97. The van der Waals surface area contributed by atoms with E-state index in [0.29, 0.717) is 32.5 Å². The molecule has 0 unspecified atom stereocenters. The van der Waals surface area contributed by atoms with Crippen LogP contribution in [-0.4, -0.2) is 54.9 Å². The average Bonchev–Trinajstić information content (AvgIpc) is 3.14. The Labute approximate surface area is 169 Å². The van der Waals surface area contributed by atoms with Gasteiger partial charge in [-0.25, -0.2) is 9.50 Å². The number of carboxylic acid groups (broad SMARTS) is 1. The molecule has 3 heterocycles. The van der Waals surface area contributed by atoms with Gasteiger partial charge >= 0.3 is 5.97 Å². The molecule has 7 nitrogen and oxygen atoms in total. The van der Waals surface area contributed by atoms with Crippen molar-refractivity contribution in [3.63, 3.8) is 0 Å².